The number of methoxy groups -OCH3 is 1. The molecule has 0 bridgehead atoms. The predicted molar refractivity (Wildman–Crippen MR) is 72.9 cm³/mol. The molecule has 1 N–H and O–H groups in total. The summed E-state index contributed by atoms with van der Waals surface area (Å²) in [5, 5.41) is 9.98. The normalized spacial score (nSPS) is 22.2. The first-order valence-corrected chi connectivity index (χ1v) is 6.66. The van der Waals surface area contributed by atoms with Gasteiger partial charge in [0.05, 0.1) is 11.6 Å². The topological polar surface area (TPSA) is 71.8 Å². The van der Waals surface area contributed by atoms with Gasteiger partial charge in [-0.15, -0.1) is 0 Å². The van der Waals surface area contributed by atoms with Crippen molar-refractivity contribution in [2.75, 3.05) is 20.3 Å². The Morgan fingerprint density at radius 3 is 2.75 bits per heavy atom. The highest BCUT2D eigenvalue weighted by Gasteiger charge is 2.50. The maximum Gasteiger partial charge on any atom is 0.332 e. The Morgan fingerprint density at radius 2 is 2.25 bits per heavy atom. The number of aryl methyl sites for hydroxylation is 1. The molecule has 1 aromatic rings. The number of amides is 1. The van der Waals surface area contributed by atoms with Gasteiger partial charge in [-0.3, -0.25) is 4.79 Å². The molecule has 0 aromatic carbocycles. The van der Waals surface area contributed by atoms with Crippen molar-refractivity contribution < 1.29 is 19.4 Å². The van der Waals surface area contributed by atoms with Crippen molar-refractivity contribution >= 4 is 23.5 Å². The van der Waals surface area contributed by atoms with Crippen molar-refractivity contribution in [2.24, 2.45) is 7.05 Å². The number of carboxylic acid groups (broad SMARTS) is 1. The number of aromatic nitrogens is 1. The number of rotatable bonds is 4. The summed E-state index contributed by atoms with van der Waals surface area (Å²) in [4.78, 5) is 25.6. The van der Waals surface area contributed by atoms with Crippen molar-refractivity contribution in [1.29, 1.82) is 0 Å². The molecule has 20 heavy (non-hydrogen) atoms. The number of carbonyl (C=O) groups is 2. The zero-order valence-corrected chi connectivity index (χ0v) is 12.2. The molecule has 0 radical (unpaired) electrons. The van der Waals surface area contributed by atoms with Gasteiger partial charge in [0, 0.05) is 26.9 Å². The van der Waals surface area contributed by atoms with Crippen LogP contribution in [0, 0.1) is 0 Å². The van der Waals surface area contributed by atoms with E-state index in [0.29, 0.717) is 30.1 Å². The molecule has 0 aliphatic carbocycles. The molecular weight excluding hydrogens is 284 g/mol. The number of hydrogen-bond donors (Lipinski definition) is 1. The number of likely N-dealkylation sites (tertiary alicyclic amines) is 1. The molecule has 0 spiro atoms. The first kappa shape index (κ1) is 14.9. The summed E-state index contributed by atoms with van der Waals surface area (Å²) in [6.07, 6.45) is 2.64. The maximum atomic E-state index is 12.6. The molecule has 1 fully saturated rings. The summed E-state index contributed by atoms with van der Waals surface area (Å²) in [5.41, 5.74) is -0.915. The lowest BCUT2D eigenvalue weighted by molar-refractivity contribution is -0.151. The molecule has 1 aromatic heterocycles. The number of ether oxygens (including phenoxy) is 1. The molecule has 6 nitrogen and oxygen atoms in total. The highest BCUT2D eigenvalue weighted by molar-refractivity contribution is 6.31. The molecule has 1 saturated heterocycles. The average molecular weight is 301 g/mol. The van der Waals surface area contributed by atoms with E-state index in [1.807, 2.05) is 0 Å². The van der Waals surface area contributed by atoms with Gasteiger partial charge in [0.2, 0.25) is 0 Å². The van der Waals surface area contributed by atoms with Crippen LogP contribution in [0.3, 0.4) is 0 Å². The molecule has 1 atom stereocenters. The third-order valence-electron chi connectivity index (χ3n) is 3.71. The number of carboxylic acids is 1. The number of carbonyl (C=O) groups excluding carboxylic acids is 1. The average Bonchev–Trinajstić information content (AvgIpc) is 2.93. The van der Waals surface area contributed by atoms with Crippen LogP contribution in [0.2, 0.25) is 5.02 Å². The highest BCUT2D eigenvalue weighted by Crippen LogP contribution is 2.32. The number of halogens is 1. The lowest BCUT2D eigenvalue weighted by Gasteiger charge is -2.34. The van der Waals surface area contributed by atoms with Gasteiger partial charge in [-0.05, 0) is 18.9 Å². The summed E-state index contributed by atoms with van der Waals surface area (Å²) < 4.78 is 6.63. The third-order valence-corrected chi connectivity index (χ3v) is 3.91. The van der Waals surface area contributed by atoms with Crippen molar-refractivity contribution in [3.63, 3.8) is 0 Å². The second kappa shape index (κ2) is 5.46. The van der Waals surface area contributed by atoms with Crippen molar-refractivity contribution in [3.8, 4) is 0 Å². The Morgan fingerprint density at radius 1 is 1.55 bits per heavy atom. The summed E-state index contributed by atoms with van der Waals surface area (Å²) in [7, 11) is 3.14. The lowest BCUT2D eigenvalue weighted by Crippen LogP contribution is -2.56. The van der Waals surface area contributed by atoms with E-state index in [1.54, 1.807) is 23.9 Å². The molecule has 2 heterocycles. The van der Waals surface area contributed by atoms with Crippen LogP contribution in [-0.2, 0) is 16.6 Å². The van der Waals surface area contributed by atoms with E-state index in [2.05, 4.69) is 0 Å². The van der Waals surface area contributed by atoms with E-state index in [0.717, 1.165) is 0 Å². The second-order valence-electron chi connectivity index (χ2n) is 4.98. The van der Waals surface area contributed by atoms with E-state index in [1.165, 1.54) is 12.0 Å². The van der Waals surface area contributed by atoms with Crippen LogP contribution >= 0.6 is 11.6 Å². The highest BCUT2D eigenvalue weighted by atomic mass is 35.5. The summed E-state index contributed by atoms with van der Waals surface area (Å²) >= 11 is 5.88. The second-order valence-corrected chi connectivity index (χ2v) is 5.42. The SMILES string of the molecule is COCC1(C(=O)O)CCCN1C(=O)c1cc(Cl)cn1C. The van der Waals surface area contributed by atoms with Gasteiger partial charge in [-0.1, -0.05) is 11.6 Å². The van der Waals surface area contributed by atoms with E-state index in [4.69, 9.17) is 16.3 Å². The van der Waals surface area contributed by atoms with Gasteiger partial charge >= 0.3 is 5.97 Å². The molecule has 1 amide bonds. The molecule has 110 valence electrons. The van der Waals surface area contributed by atoms with Crippen LogP contribution in [0.5, 0.6) is 0 Å². The van der Waals surface area contributed by atoms with Crippen LogP contribution < -0.4 is 0 Å². The van der Waals surface area contributed by atoms with Gasteiger partial charge in [-0.25, -0.2) is 4.79 Å². The fourth-order valence-electron chi connectivity index (χ4n) is 2.72. The third kappa shape index (κ3) is 2.29. The standard InChI is InChI=1S/C13H17ClN2O4/c1-15-7-9(14)6-10(15)11(17)16-5-3-4-13(16,8-20-2)12(18)19/h6-7H,3-5,8H2,1-2H3,(H,18,19). The van der Waals surface area contributed by atoms with Crippen molar-refractivity contribution in [1.82, 2.24) is 9.47 Å². The van der Waals surface area contributed by atoms with Crippen LogP contribution in [0.25, 0.3) is 0 Å². The van der Waals surface area contributed by atoms with Crippen molar-refractivity contribution in [3.05, 3.63) is 23.0 Å². The van der Waals surface area contributed by atoms with Gasteiger partial charge < -0.3 is 19.3 Å². The minimum absolute atomic E-state index is 0.0216. The Bertz CT molecular complexity index is 542. The van der Waals surface area contributed by atoms with Crippen LogP contribution in [0.15, 0.2) is 12.3 Å². The molecule has 1 unspecified atom stereocenters. The van der Waals surface area contributed by atoms with Crippen molar-refractivity contribution in [2.45, 2.75) is 18.4 Å². The summed E-state index contributed by atoms with van der Waals surface area (Å²) in [6, 6.07) is 1.54. The van der Waals surface area contributed by atoms with Crippen LogP contribution in [0.1, 0.15) is 23.3 Å². The Kier molecular flexibility index (Phi) is 4.06. The molecule has 1 aliphatic rings. The van der Waals surface area contributed by atoms with Gasteiger partial charge in [0.25, 0.3) is 5.91 Å². The Labute approximate surface area is 121 Å². The van der Waals surface area contributed by atoms with E-state index >= 15 is 0 Å². The molecule has 2 rings (SSSR count). The van der Waals surface area contributed by atoms with E-state index < -0.39 is 11.5 Å². The fourth-order valence-corrected chi connectivity index (χ4v) is 2.97. The molecule has 1 aliphatic heterocycles. The Hall–Kier alpha value is -1.53. The van der Waals surface area contributed by atoms with Crippen LogP contribution in [0.4, 0.5) is 0 Å². The zero-order valence-electron chi connectivity index (χ0n) is 11.4. The summed E-state index contributed by atoms with van der Waals surface area (Å²) in [6.45, 7) is 0.378. The molecule has 7 heteroatoms. The van der Waals surface area contributed by atoms with Gasteiger partial charge in [0.1, 0.15) is 5.69 Å². The lowest BCUT2D eigenvalue weighted by atomic mass is 9.97. The quantitative estimate of drug-likeness (QED) is 0.912. The zero-order chi connectivity index (χ0) is 14.9. The monoisotopic (exact) mass is 300 g/mol. The molecule has 0 saturated carbocycles. The van der Waals surface area contributed by atoms with E-state index in [9.17, 15) is 14.7 Å². The largest absolute Gasteiger partial charge is 0.479 e. The number of hydrogen-bond acceptors (Lipinski definition) is 3. The fraction of sp³-hybridized carbons (Fsp3) is 0.538. The minimum Gasteiger partial charge on any atom is -0.479 e. The smallest absolute Gasteiger partial charge is 0.332 e. The first-order valence-electron chi connectivity index (χ1n) is 6.28. The van der Waals surface area contributed by atoms with E-state index in [-0.39, 0.29) is 12.5 Å². The molecular formula is C13H17ClN2O4. The first-order chi connectivity index (χ1) is 9.42. The summed E-state index contributed by atoms with van der Waals surface area (Å²) in [5.74, 6) is -1.37. The number of nitrogens with zero attached hydrogens (tertiary/aromatic N) is 2. The van der Waals surface area contributed by atoms with Gasteiger partial charge in [-0.2, -0.15) is 0 Å². The van der Waals surface area contributed by atoms with Gasteiger partial charge in [0.15, 0.2) is 5.54 Å². The predicted octanol–water partition coefficient (Wildman–Crippen LogP) is 1.38. The maximum absolute atomic E-state index is 12.6. The minimum atomic E-state index is -1.29. The number of aliphatic carboxylic acids is 1. The van der Waals surface area contributed by atoms with Crippen LogP contribution in [-0.4, -0.2) is 52.3 Å². The Balaban J connectivity index is 2.37.